The molecule has 8 rings (SSSR count). The molecule has 0 aliphatic rings. The van der Waals surface area contributed by atoms with Crippen LogP contribution in [-0.4, -0.2) is 19.9 Å². The summed E-state index contributed by atoms with van der Waals surface area (Å²) in [4.78, 5) is 19.9. The van der Waals surface area contributed by atoms with Gasteiger partial charge in [0.05, 0.1) is 28.1 Å². The minimum Gasteiger partial charge on any atom is -0.248 e. The van der Waals surface area contributed by atoms with Gasteiger partial charge in [-0.2, -0.15) is 0 Å². The third kappa shape index (κ3) is 4.99. The fourth-order valence-electron chi connectivity index (χ4n) is 5.57. The second-order valence-corrected chi connectivity index (χ2v) is 10.8. The average Bonchev–Trinajstić information content (AvgIpc) is 3.11. The number of pyridine rings is 2. The number of aromatic nitrogens is 4. The third-order valence-electron chi connectivity index (χ3n) is 7.88. The molecule has 5 aromatic carbocycles. The SMILES string of the molecule is c1ccc(-c2cc(-c3ccccc3)nc(-c3ccc4ccc(-c5ccc6nc(-c7ccccc7)ccc6c5)cc4n3)n2)cc1. The fraction of sp³-hybridized carbons (Fsp3) is 0. The van der Waals surface area contributed by atoms with Gasteiger partial charge in [-0.15, -0.1) is 0 Å². The molecule has 0 saturated heterocycles. The van der Waals surface area contributed by atoms with Gasteiger partial charge >= 0.3 is 0 Å². The molecule has 0 radical (unpaired) electrons. The molecule has 0 N–H and O–H groups in total. The van der Waals surface area contributed by atoms with Crippen molar-refractivity contribution < 1.29 is 0 Å². The summed E-state index contributed by atoms with van der Waals surface area (Å²) in [5, 5.41) is 2.17. The van der Waals surface area contributed by atoms with Gasteiger partial charge in [-0.25, -0.2) is 19.9 Å². The largest absolute Gasteiger partial charge is 0.248 e. The Hall–Kier alpha value is -6.00. The van der Waals surface area contributed by atoms with Crippen LogP contribution in [0.5, 0.6) is 0 Å². The van der Waals surface area contributed by atoms with Gasteiger partial charge in [0.15, 0.2) is 5.82 Å². The van der Waals surface area contributed by atoms with E-state index in [0.29, 0.717) is 5.82 Å². The lowest BCUT2D eigenvalue weighted by Gasteiger charge is -2.10. The van der Waals surface area contributed by atoms with Gasteiger partial charge in [0.25, 0.3) is 0 Å². The number of hydrogen-bond donors (Lipinski definition) is 0. The molecule has 0 aliphatic carbocycles. The van der Waals surface area contributed by atoms with Gasteiger partial charge in [0.2, 0.25) is 0 Å². The van der Waals surface area contributed by atoms with Crippen molar-refractivity contribution in [3.05, 3.63) is 158 Å². The predicted octanol–water partition coefficient (Wildman–Crippen LogP) is 9.91. The quantitative estimate of drug-likeness (QED) is 0.209. The summed E-state index contributed by atoms with van der Waals surface area (Å²) in [6.45, 7) is 0. The second-order valence-electron chi connectivity index (χ2n) is 10.8. The smallest absolute Gasteiger partial charge is 0.179 e. The van der Waals surface area contributed by atoms with E-state index >= 15 is 0 Å². The molecule has 3 aromatic heterocycles. The molecule has 0 amide bonds. The summed E-state index contributed by atoms with van der Waals surface area (Å²) in [5.41, 5.74) is 10.7. The van der Waals surface area contributed by atoms with E-state index in [1.54, 1.807) is 0 Å². The summed E-state index contributed by atoms with van der Waals surface area (Å²) in [5.74, 6) is 0.600. The van der Waals surface area contributed by atoms with E-state index < -0.39 is 0 Å². The highest BCUT2D eigenvalue weighted by atomic mass is 14.9. The Kier molecular flexibility index (Phi) is 6.43. The summed E-state index contributed by atoms with van der Waals surface area (Å²) in [7, 11) is 0. The Morgan fingerprint density at radius 3 is 1.43 bits per heavy atom. The molecule has 0 aliphatic heterocycles. The first-order chi connectivity index (χ1) is 21.8. The summed E-state index contributed by atoms with van der Waals surface area (Å²) in [6, 6.07) is 53.9. The van der Waals surface area contributed by atoms with Gasteiger partial charge in [-0.3, -0.25) is 0 Å². The molecule has 0 spiro atoms. The highest BCUT2D eigenvalue weighted by Crippen LogP contribution is 2.31. The topological polar surface area (TPSA) is 51.6 Å². The van der Waals surface area contributed by atoms with Crippen molar-refractivity contribution in [1.29, 1.82) is 0 Å². The van der Waals surface area contributed by atoms with E-state index in [1.807, 2.05) is 66.7 Å². The van der Waals surface area contributed by atoms with Crippen LogP contribution in [0.4, 0.5) is 0 Å². The molecule has 206 valence electrons. The van der Waals surface area contributed by atoms with E-state index in [1.165, 1.54) is 0 Å². The maximum absolute atomic E-state index is 5.07. The van der Waals surface area contributed by atoms with E-state index in [4.69, 9.17) is 19.9 Å². The van der Waals surface area contributed by atoms with E-state index in [-0.39, 0.29) is 0 Å². The number of fused-ring (bicyclic) bond motifs is 2. The molecule has 4 heteroatoms. The Morgan fingerprint density at radius 2 is 0.773 bits per heavy atom. The number of benzene rings is 5. The molecule has 0 fully saturated rings. The van der Waals surface area contributed by atoms with Gasteiger partial charge < -0.3 is 0 Å². The lowest BCUT2D eigenvalue weighted by atomic mass is 10.0. The third-order valence-corrected chi connectivity index (χ3v) is 7.88. The van der Waals surface area contributed by atoms with Crippen LogP contribution in [0.15, 0.2) is 158 Å². The first kappa shape index (κ1) is 25.7. The lowest BCUT2D eigenvalue weighted by Crippen LogP contribution is -1.97. The van der Waals surface area contributed by atoms with Crippen LogP contribution in [0, 0.1) is 0 Å². The number of hydrogen-bond acceptors (Lipinski definition) is 4. The predicted molar refractivity (Wildman–Crippen MR) is 180 cm³/mol. The summed E-state index contributed by atoms with van der Waals surface area (Å²) >= 11 is 0. The Morgan fingerprint density at radius 1 is 0.273 bits per heavy atom. The maximum Gasteiger partial charge on any atom is 0.179 e. The van der Waals surface area contributed by atoms with Crippen LogP contribution in [0.1, 0.15) is 0 Å². The maximum atomic E-state index is 5.07. The van der Waals surface area contributed by atoms with Crippen molar-refractivity contribution in [1.82, 2.24) is 19.9 Å². The highest BCUT2D eigenvalue weighted by Gasteiger charge is 2.13. The van der Waals surface area contributed by atoms with Gasteiger partial charge in [-0.05, 0) is 47.5 Å². The first-order valence-electron chi connectivity index (χ1n) is 14.6. The first-order valence-corrected chi connectivity index (χ1v) is 14.6. The van der Waals surface area contributed by atoms with Crippen molar-refractivity contribution in [2.75, 3.05) is 0 Å². The van der Waals surface area contributed by atoms with Crippen LogP contribution in [0.2, 0.25) is 0 Å². The standard InChI is InChI=1S/C40H26N4/c1-4-10-27(11-5-1)34-22-20-33-24-31(19-21-35(33)41-34)32-17-16-30-18-23-36(42-37(30)25-32)40-43-38(28-12-6-2-7-13-28)26-39(44-40)29-14-8-3-9-15-29/h1-26H. The van der Waals surface area contributed by atoms with Crippen molar-refractivity contribution in [3.63, 3.8) is 0 Å². The molecular formula is C40H26N4. The second kappa shape index (κ2) is 11.0. The zero-order valence-corrected chi connectivity index (χ0v) is 23.8. The minimum atomic E-state index is 0.600. The number of nitrogens with zero attached hydrogens (tertiary/aromatic N) is 4. The molecule has 3 heterocycles. The molecule has 44 heavy (non-hydrogen) atoms. The van der Waals surface area contributed by atoms with Crippen LogP contribution in [0.25, 0.3) is 78.2 Å². The monoisotopic (exact) mass is 562 g/mol. The molecule has 0 bridgehead atoms. The summed E-state index contributed by atoms with van der Waals surface area (Å²) < 4.78 is 0. The zero-order chi connectivity index (χ0) is 29.3. The van der Waals surface area contributed by atoms with Crippen LogP contribution in [-0.2, 0) is 0 Å². The van der Waals surface area contributed by atoms with Crippen LogP contribution < -0.4 is 0 Å². The molecule has 0 saturated carbocycles. The average molecular weight is 563 g/mol. The zero-order valence-electron chi connectivity index (χ0n) is 23.8. The normalized spacial score (nSPS) is 11.2. The van der Waals surface area contributed by atoms with Gasteiger partial charge in [-0.1, -0.05) is 121 Å². The minimum absolute atomic E-state index is 0.600. The number of rotatable bonds is 5. The van der Waals surface area contributed by atoms with Gasteiger partial charge in [0, 0.05) is 27.5 Å². The van der Waals surface area contributed by atoms with Crippen molar-refractivity contribution in [3.8, 4) is 56.4 Å². The van der Waals surface area contributed by atoms with E-state index in [2.05, 4.69) is 91.0 Å². The van der Waals surface area contributed by atoms with Crippen molar-refractivity contribution >= 4 is 21.8 Å². The molecule has 4 nitrogen and oxygen atoms in total. The van der Waals surface area contributed by atoms with Crippen molar-refractivity contribution in [2.45, 2.75) is 0 Å². The van der Waals surface area contributed by atoms with E-state index in [9.17, 15) is 0 Å². The lowest BCUT2D eigenvalue weighted by molar-refractivity contribution is 1.16. The van der Waals surface area contributed by atoms with E-state index in [0.717, 1.165) is 72.4 Å². The molecule has 0 atom stereocenters. The molecule has 8 aromatic rings. The fourth-order valence-corrected chi connectivity index (χ4v) is 5.57. The Labute approximate surface area is 255 Å². The van der Waals surface area contributed by atoms with Crippen LogP contribution in [0.3, 0.4) is 0 Å². The molecular weight excluding hydrogens is 536 g/mol. The Bertz CT molecular complexity index is 2210. The Balaban J connectivity index is 1.19. The van der Waals surface area contributed by atoms with Gasteiger partial charge in [0.1, 0.15) is 5.69 Å². The summed E-state index contributed by atoms with van der Waals surface area (Å²) in [6.07, 6.45) is 0. The highest BCUT2D eigenvalue weighted by molar-refractivity contribution is 5.90. The van der Waals surface area contributed by atoms with Crippen molar-refractivity contribution in [2.24, 2.45) is 0 Å². The van der Waals surface area contributed by atoms with Crippen LogP contribution >= 0.6 is 0 Å². The molecule has 0 unspecified atom stereocenters.